The summed E-state index contributed by atoms with van der Waals surface area (Å²) in [5, 5.41) is 36.9. The van der Waals surface area contributed by atoms with Gasteiger partial charge in [0, 0.05) is 31.2 Å². The van der Waals surface area contributed by atoms with Crippen molar-refractivity contribution in [1.82, 2.24) is 35.3 Å². The van der Waals surface area contributed by atoms with Gasteiger partial charge in [0.1, 0.15) is 6.10 Å². The molecule has 1 fully saturated rings. The van der Waals surface area contributed by atoms with Crippen LogP contribution in [0.1, 0.15) is 51.1 Å². The Balaban J connectivity index is 1.56. The van der Waals surface area contributed by atoms with Crippen molar-refractivity contribution in [3.8, 4) is 0 Å². The lowest BCUT2D eigenvalue weighted by Gasteiger charge is -2.17. The summed E-state index contributed by atoms with van der Waals surface area (Å²) in [4.78, 5) is 26.2. The number of aliphatic hydroxyl groups excluding tert-OH is 2. The monoisotopic (exact) mass is 500 g/mol. The summed E-state index contributed by atoms with van der Waals surface area (Å²) >= 11 is 1.54. The molecule has 1 aliphatic carbocycles. The Morgan fingerprint density at radius 1 is 1.23 bits per heavy atom. The van der Waals surface area contributed by atoms with Crippen LogP contribution in [0.15, 0.2) is 29.7 Å². The molecular formula is C23H32N8O3S. The molecule has 3 aromatic heterocycles. The van der Waals surface area contributed by atoms with E-state index in [1.807, 2.05) is 6.07 Å². The van der Waals surface area contributed by atoms with Crippen LogP contribution >= 0.6 is 11.8 Å². The van der Waals surface area contributed by atoms with Gasteiger partial charge in [-0.3, -0.25) is 9.78 Å². The van der Waals surface area contributed by atoms with Crippen LogP contribution in [0.3, 0.4) is 0 Å². The fourth-order valence-electron chi connectivity index (χ4n) is 4.13. The number of carbonyl (C=O) groups excluding carboxylic acids is 1. The number of anilines is 1. The highest BCUT2D eigenvalue weighted by Gasteiger charge is 2.47. The quantitative estimate of drug-likeness (QED) is 0.175. The van der Waals surface area contributed by atoms with Crippen molar-refractivity contribution in [1.29, 1.82) is 0 Å². The maximum Gasteiger partial charge on any atom is 0.226 e. The van der Waals surface area contributed by atoms with Gasteiger partial charge in [-0.05, 0) is 30.9 Å². The van der Waals surface area contributed by atoms with Crippen molar-refractivity contribution in [3.05, 3.63) is 30.1 Å². The van der Waals surface area contributed by atoms with Crippen LogP contribution in [0.4, 0.5) is 5.82 Å². The number of nitrogens with one attached hydrogen (secondary N) is 2. The van der Waals surface area contributed by atoms with Crippen molar-refractivity contribution >= 4 is 34.7 Å². The minimum Gasteiger partial charge on any atom is -0.390 e. The van der Waals surface area contributed by atoms with Crippen molar-refractivity contribution in [2.75, 3.05) is 17.6 Å². The highest BCUT2D eigenvalue weighted by molar-refractivity contribution is 7.99. The Hall–Kier alpha value is -2.83. The second kappa shape index (κ2) is 11.7. The normalized spacial score (nSPS) is 21.9. The number of nitrogens with zero attached hydrogens (tertiary/aromatic N) is 6. The molecule has 0 aliphatic heterocycles. The van der Waals surface area contributed by atoms with Crippen LogP contribution in [0, 0.1) is 5.92 Å². The number of amides is 1. The molecule has 188 valence electrons. The highest BCUT2D eigenvalue weighted by atomic mass is 32.2. The number of carbonyl (C=O) groups is 1. The first-order valence-corrected chi connectivity index (χ1v) is 13.0. The highest BCUT2D eigenvalue weighted by Crippen LogP contribution is 2.37. The molecule has 3 aromatic rings. The summed E-state index contributed by atoms with van der Waals surface area (Å²) in [6.07, 6.45) is 4.13. The zero-order valence-electron chi connectivity index (χ0n) is 20.0. The number of pyridine rings is 1. The van der Waals surface area contributed by atoms with Gasteiger partial charge < -0.3 is 20.8 Å². The summed E-state index contributed by atoms with van der Waals surface area (Å²) in [7, 11) is 0. The molecule has 11 nitrogen and oxygen atoms in total. The lowest BCUT2D eigenvalue weighted by atomic mass is 10.0. The smallest absolute Gasteiger partial charge is 0.226 e. The molecule has 0 spiro atoms. The van der Waals surface area contributed by atoms with E-state index >= 15 is 0 Å². The first-order chi connectivity index (χ1) is 17.0. The van der Waals surface area contributed by atoms with Gasteiger partial charge in [0.05, 0.1) is 18.1 Å². The number of unbranched alkanes of at least 4 members (excludes halogenated alkanes) is 1. The maximum absolute atomic E-state index is 12.8. The van der Waals surface area contributed by atoms with E-state index in [2.05, 4.69) is 49.7 Å². The van der Waals surface area contributed by atoms with Gasteiger partial charge in [-0.25, -0.2) is 14.6 Å². The molecule has 1 aliphatic rings. The Bertz CT molecular complexity index is 1130. The largest absolute Gasteiger partial charge is 0.390 e. The van der Waals surface area contributed by atoms with Crippen molar-refractivity contribution in [3.63, 3.8) is 0 Å². The van der Waals surface area contributed by atoms with E-state index in [0.717, 1.165) is 37.1 Å². The third-order valence-electron chi connectivity index (χ3n) is 6.05. The molecule has 0 saturated heterocycles. The van der Waals surface area contributed by atoms with Crippen LogP contribution in [0.25, 0.3) is 11.2 Å². The summed E-state index contributed by atoms with van der Waals surface area (Å²) < 4.78 is 1.53. The summed E-state index contributed by atoms with van der Waals surface area (Å²) in [5.41, 5.74) is 1.84. The van der Waals surface area contributed by atoms with Crippen LogP contribution < -0.4 is 10.6 Å². The van der Waals surface area contributed by atoms with Crippen LogP contribution in [0.5, 0.6) is 0 Å². The van der Waals surface area contributed by atoms with Crippen LogP contribution in [-0.4, -0.2) is 70.6 Å². The molecule has 4 rings (SSSR count). The third kappa shape index (κ3) is 5.71. The van der Waals surface area contributed by atoms with E-state index < -0.39 is 24.2 Å². The van der Waals surface area contributed by atoms with Crippen molar-refractivity contribution in [2.24, 2.45) is 5.92 Å². The average Bonchev–Trinajstić information content (AvgIpc) is 3.42. The van der Waals surface area contributed by atoms with Gasteiger partial charge in [-0.1, -0.05) is 43.3 Å². The zero-order chi connectivity index (χ0) is 24.8. The lowest BCUT2D eigenvalue weighted by molar-refractivity contribution is -0.129. The predicted octanol–water partition coefficient (Wildman–Crippen LogP) is 1.93. The van der Waals surface area contributed by atoms with Gasteiger partial charge in [0.15, 0.2) is 22.1 Å². The molecule has 3 unspecified atom stereocenters. The molecule has 12 heteroatoms. The van der Waals surface area contributed by atoms with Gasteiger partial charge in [0.2, 0.25) is 5.91 Å². The van der Waals surface area contributed by atoms with Gasteiger partial charge >= 0.3 is 0 Å². The van der Waals surface area contributed by atoms with E-state index in [-0.39, 0.29) is 12.3 Å². The van der Waals surface area contributed by atoms with E-state index in [9.17, 15) is 15.0 Å². The Labute approximate surface area is 208 Å². The number of rotatable bonds is 11. The second-order valence-corrected chi connectivity index (χ2v) is 9.72. The van der Waals surface area contributed by atoms with Gasteiger partial charge in [-0.15, -0.1) is 5.10 Å². The minimum atomic E-state index is -1.23. The molecule has 1 saturated carbocycles. The van der Waals surface area contributed by atoms with E-state index in [0.29, 0.717) is 28.7 Å². The van der Waals surface area contributed by atoms with Crippen molar-refractivity contribution in [2.45, 2.75) is 69.5 Å². The van der Waals surface area contributed by atoms with Crippen LogP contribution in [-0.2, 0) is 11.3 Å². The topological polar surface area (TPSA) is 151 Å². The van der Waals surface area contributed by atoms with E-state index in [4.69, 9.17) is 0 Å². The molecule has 0 aromatic carbocycles. The Morgan fingerprint density at radius 2 is 2.09 bits per heavy atom. The molecule has 0 bridgehead atoms. The van der Waals surface area contributed by atoms with E-state index in [1.165, 1.54) is 4.68 Å². The lowest BCUT2D eigenvalue weighted by Crippen LogP contribution is -2.38. The average molecular weight is 501 g/mol. The first kappa shape index (κ1) is 25.3. The first-order valence-electron chi connectivity index (χ1n) is 12.1. The van der Waals surface area contributed by atoms with Crippen LogP contribution in [0.2, 0.25) is 0 Å². The van der Waals surface area contributed by atoms with Crippen molar-refractivity contribution < 1.29 is 15.0 Å². The maximum atomic E-state index is 12.8. The van der Waals surface area contributed by atoms with Gasteiger partial charge in [-0.2, -0.15) is 0 Å². The molecule has 3 heterocycles. The SMILES string of the molecule is CCCCNc1nc(SCCC)nc2c1nnn2C1C[C@H](C(=O)NCc2cccnc2)C(O)C1O. The molecule has 4 N–H and O–H groups in total. The predicted molar refractivity (Wildman–Crippen MR) is 133 cm³/mol. The zero-order valence-corrected chi connectivity index (χ0v) is 20.8. The Kier molecular flexibility index (Phi) is 8.47. The van der Waals surface area contributed by atoms with E-state index in [1.54, 1.807) is 30.2 Å². The standard InChI is InChI=1S/C23H32N8O3S/c1-3-5-9-25-20-17-21(28-23(27-20)35-10-4-2)31(30-29-17)16-11-15(18(32)19(16)33)22(34)26-13-14-7-6-8-24-12-14/h6-8,12,15-16,18-19,32-33H,3-5,9-11,13H2,1-2H3,(H,26,34)(H,25,27,28)/t15-,16?,18?,19?/m0/s1. The number of hydrogen-bond donors (Lipinski definition) is 4. The number of hydrogen-bond acceptors (Lipinski definition) is 10. The fourth-order valence-corrected chi connectivity index (χ4v) is 4.83. The summed E-state index contributed by atoms with van der Waals surface area (Å²) in [6, 6.07) is 3.01. The summed E-state index contributed by atoms with van der Waals surface area (Å²) in [6.45, 7) is 5.25. The number of aliphatic hydroxyl groups is 2. The molecule has 35 heavy (non-hydrogen) atoms. The molecule has 4 atom stereocenters. The number of fused-ring (bicyclic) bond motifs is 1. The third-order valence-corrected chi connectivity index (χ3v) is 7.11. The minimum absolute atomic E-state index is 0.208. The Morgan fingerprint density at radius 3 is 2.83 bits per heavy atom. The molecule has 0 radical (unpaired) electrons. The number of thioether (sulfide) groups is 1. The van der Waals surface area contributed by atoms with Gasteiger partial charge in [0.25, 0.3) is 0 Å². The second-order valence-electron chi connectivity index (χ2n) is 8.66. The fraction of sp³-hybridized carbons (Fsp3) is 0.565. The molecule has 1 amide bonds. The number of aromatic nitrogens is 6. The summed E-state index contributed by atoms with van der Waals surface area (Å²) in [5.74, 6) is 0.352. The molecular weight excluding hydrogens is 468 g/mol.